The molecule has 0 amide bonds. The standard InChI is InChI=1S/C14H21BrO2/c1-3-4-5-6-7-17-14-11(2)8-13(15)9-12(14)10-16/h8-9,16H,3-7,10H2,1-2H3. The van der Waals surface area contributed by atoms with E-state index in [-0.39, 0.29) is 6.61 Å². The van der Waals surface area contributed by atoms with Gasteiger partial charge >= 0.3 is 0 Å². The maximum Gasteiger partial charge on any atom is 0.127 e. The minimum Gasteiger partial charge on any atom is -0.493 e. The highest BCUT2D eigenvalue weighted by atomic mass is 79.9. The van der Waals surface area contributed by atoms with E-state index in [1.807, 2.05) is 19.1 Å². The van der Waals surface area contributed by atoms with E-state index in [0.29, 0.717) is 0 Å². The zero-order chi connectivity index (χ0) is 12.7. The normalized spacial score (nSPS) is 10.6. The molecular weight excluding hydrogens is 280 g/mol. The molecule has 96 valence electrons. The summed E-state index contributed by atoms with van der Waals surface area (Å²) in [6.07, 6.45) is 4.78. The molecule has 0 fully saturated rings. The van der Waals surface area contributed by atoms with Gasteiger partial charge in [-0.25, -0.2) is 0 Å². The predicted molar refractivity (Wildman–Crippen MR) is 74.4 cm³/mol. The first-order valence-electron chi connectivity index (χ1n) is 6.21. The lowest BCUT2D eigenvalue weighted by atomic mass is 10.1. The zero-order valence-corrected chi connectivity index (χ0v) is 12.2. The van der Waals surface area contributed by atoms with Gasteiger partial charge in [-0.2, -0.15) is 0 Å². The van der Waals surface area contributed by atoms with Crippen LogP contribution in [0.15, 0.2) is 16.6 Å². The van der Waals surface area contributed by atoms with Crippen LogP contribution in [0.3, 0.4) is 0 Å². The Morgan fingerprint density at radius 1 is 1.24 bits per heavy atom. The number of aliphatic hydroxyl groups excluding tert-OH is 1. The molecule has 1 aromatic carbocycles. The average molecular weight is 301 g/mol. The van der Waals surface area contributed by atoms with Gasteiger partial charge in [0, 0.05) is 10.0 Å². The van der Waals surface area contributed by atoms with Crippen molar-refractivity contribution in [2.45, 2.75) is 46.1 Å². The van der Waals surface area contributed by atoms with Gasteiger partial charge in [-0.1, -0.05) is 42.1 Å². The zero-order valence-electron chi connectivity index (χ0n) is 10.6. The molecule has 0 heterocycles. The molecule has 17 heavy (non-hydrogen) atoms. The predicted octanol–water partition coefficient (Wildman–Crippen LogP) is 4.21. The Kier molecular flexibility index (Phi) is 6.60. The molecule has 0 saturated carbocycles. The molecule has 0 aromatic heterocycles. The average Bonchev–Trinajstić information content (AvgIpc) is 2.30. The van der Waals surface area contributed by atoms with E-state index < -0.39 is 0 Å². The van der Waals surface area contributed by atoms with Crippen molar-refractivity contribution in [2.75, 3.05) is 6.61 Å². The van der Waals surface area contributed by atoms with Gasteiger partial charge in [0.25, 0.3) is 0 Å². The van der Waals surface area contributed by atoms with E-state index >= 15 is 0 Å². The lowest BCUT2D eigenvalue weighted by Crippen LogP contribution is -2.02. The number of halogens is 1. The maximum absolute atomic E-state index is 9.31. The monoisotopic (exact) mass is 300 g/mol. The summed E-state index contributed by atoms with van der Waals surface area (Å²) < 4.78 is 6.76. The van der Waals surface area contributed by atoms with E-state index in [0.717, 1.165) is 34.4 Å². The summed E-state index contributed by atoms with van der Waals surface area (Å²) in [5.74, 6) is 0.840. The number of ether oxygens (including phenoxy) is 1. The molecule has 0 atom stereocenters. The van der Waals surface area contributed by atoms with E-state index in [9.17, 15) is 5.11 Å². The van der Waals surface area contributed by atoms with Gasteiger partial charge in [-0.15, -0.1) is 0 Å². The first-order chi connectivity index (χ1) is 8.19. The first kappa shape index (κ1) is 14.5. The molecule has 3 heteroatoms. The molecule has 1 rings (SSSR count). The van der Waals surface area contributed by atoms with E-state index in [2.05, 4.69) is 22.9 Å². The summed E-state index contributed by atoms with van der Waals surface area (Å²) >= 11 is 3.42. The van der Waals surface area contributed by atoms with Crippen LogP contribution in [0.25, 0.3) is 0 Å². The Bertz CT molecular complexity index is 350. The Hall–Kier alpha value is -0.540. The summed E-state index contributed by atoms with van der Waals surface area (Å²) in [7, 11) is 0. The highest BCUT2D eigenvalue weighted by Crippen LogP contribution is 2.28. The maximum atomic E-state index is 9.31. The summed E-state index contributed by atoms with van der Waals surface area (Å²) in [5.41, 5.74) is 1.92. The van der Waals surface area contributed by atoms with Gasteiger partial charge < -0.3 is 9.84 Å². The third-order valence-electron chi connectivity index (χ3n) is 2.73. The van der Waals surface area contributed by atoms with Crippen LogP contribution in [-0.4, -0.2) is 11.7 Å². The molecule has 0 radical (unpaired) electrons. The molecule has 0 aliphatic heterocycles. The van der Waals surface area contributed by atoms with Gasteiger partial charge in [-0.3, -0.25) is 0 Å². The number of aliphatic hydroxyl groups is 1. The molecular formula is C14H21BrO2. The van der Waals surface area contributed by atoms with Crippen LogP contribution in [0.2, 0.25) is 0 Å². The molecule has 1 N–H and O–H groups in total. The van der Waals surface area contributed by atoms with Crippen molar-refractivity contribution in [3.05, 3.63) is 27.7 Å². The Labute approximate surface area is 112 Å². The smallest absolute Gasteiger partial charge is 0.127 e. The second kappa shape index (κ2) is 7.72. The van der Waals surface area contributed by atoms with Crippen LogP contribution in [-0.2, 0) is 6.61 Å². The van der Waals surface area contributed by atoms with E-state index in [1.165, 1.54) is 19.3 Å². The molecule has 0 saturated heterocycles. The van der Waals surface area contributed by atoms with Crippen LogP contribution in [0, 0.1) is 6.92 Å². The number of rotatable bonds is 7. The third kappa shape index (κ3) is 4.68. The highest BCUT2D eigenvalue weighted by molar-refractivity contribution is 9.10. The summed E-state index contributed by atoms with van der Waals surface area (Å²) in [5, 5.41) is 9.31. The molecule has 1 aromatic rings. The number of hydrogen-bond donors (Lipinski definition) is 1. The minimum atomic E-state index is 0.0184. The van der Waals surface area contributed by atoms with Gasteiger partial charge in [-0.05, 0) is 31.0 Å². The Morgan fingerprint density at radius 3 is 2.65 bits per heavy atom. The SMILES string of the molecule is CCCCCCOc1c(C)cc(Br)cc1CO. The van der Waals surface area contributed by atoms with Crippen molar-refractivity contribution in [3.8, 4) is 5.75 Å². The molecule has 0 aliphatic rings. The fourth-order valence-electron chi connectivity index (χ4n) is 1.83. The molecule has 0 bridgehead atoms. The van der Waals surface area contributed by atoms with Crippen molar-refractivity contribution in [1.29, 1.82) is 0 Å². The van der Waals surface area contributed by atoms with Crippen molar-refractivity contribution in [3.63, 3.8) is 0 Å². The topological polar surface area (TPSA) is 29.5 Å². The van der Waals surface area contributed by atoms with Crippen molar-refractivity contribution >= 4 is 15.9 Å². The summed E-state index contributed by atoms with van der Waals surface area (Å²) in [4.78, 5) is 0. The largest absolute Gasteiger partial charge is 0.493 e. The van der Waals surface area contributed by atoms with E-state index in [4.69, 9.17) is 4.74 Å². The van der Waals surface area contributed by atoms with E-state index in [1.54, 1.807) is 0 Å². The van der Waals surface area contributed by atoms with Crippen molar-refractivity contribution in [2.24, 2.45) is 0 Å². The fourth-order valence-corrected chi connectivity index (χ4v) is 2.45. The fraction of sp³-hybridized carbons (Fsp3) is 0.571. The summed E-state index contributed by atoms with van der Waals surface area (Å²) in [6.45, 7) is 4.95. The van der Waals surface area contributed by atoms with Crippen molar-refractivity contribution < 1.29 is 9.84 Å². The van der Waals surface area contributed by atoms with Crippen LogP contribution in [0.1, 0.15) is 43.7 Å². The molecule has 0 aliphatic carbocycles. The third-order valence-corrected chi connectivity index (χ3v) is 3.19. The summed E-state index contributed by atoms with van der Waals surface area (Å²) in [6, 6.07) is 3.93. The number of benzene rings is 1. The molecule has 2 nitrogen and oxygen atoms in total. The number of aryl methyl sites for hydroxylation is 1. The Balaban J connectivity index is 2.57. The molecule has 0 unspecified atom stereocenters. The van der Waals surface area contributed by atoms with Crippen LogP contribution >= 0.6 is 15.9 Å². The second-order valence-corrected chi connectivity index (χ2v) is 5.19. The lowest BCUT2D eigenvalue weighted by molar-refractivity contribution is 0.259. The first-order valence-corrected chi connectivity index (χ1v) is 7.01. The van der Waals surface area contributed by atoms with Gasteiger partial charge in [0.2, 0.25) is 0 Å². The van der Waals surface area contributed by atoms with Crippen LogP contribution in [0.4, 0.5) is 0 Å². The van der Waals surface area contributed by atoms with Crippen LogP contribution in [0.5, 0.6) is 5.75 Å². The Morgan fingerprint density at radius 2 is 2.00 bits per heavy atom. The lowest BCUT2D eigenvalue weighted by Gasteiger charge is -2.13. The highest BCUT2D eigenvalue weighted by Gasteiger charge is 2.08. The minimum absolute atomic E-state index is 0.0184. The molecule has 0 spiro atoms. The van der Waals surface area contributed by atoms with Gasteiger partial charge in [0.1, 0.15) is 5.75 Å². The van der Waals surface area contributed by atoms with Crippen LogP contribution < -0.4 is 4.74 Å². The second-order valence-electron chi connectivity index (χ2n) is 4.28. The van der Waals surface area contributed by atoms with Gasteiger partial charge in [0.05, 0.1) is 13.2 Å². The van der Waals surface area contributed by atoms with Crippen molar-refractivity contribution in [1.82, 2.24) is 0 Å². The number of hydrogen-bond acceptors (Lipinski definition) is 2. The number of unbranched alkanes of at least 4 members (excludes halogenated alkanes) is 3. The van der Waals surface area contributed by atoms with Gasteiger partial charge in [0.15, 0.2) is 0 Å². The quantitative estimate of drug-likeness (QED) is 0.764.